The zero-order chi connectivity index (χ0) is 19.8. The quantitative estimate of drug-likeness (QED) is 0.716. The number of pyridine rings is 1. The summed E-state index contributed by atoms with van der Waals surface area (Å²) in [6, 6.07) is 15.3. The Balaban J connectivity index is 1.75. The van der Waals surface area contributed by atoms with Crippen molar-refractivity contribution in [2.45, 2.75) is 6.54 Å². The van der Waals surface area contributed by atoms with Crippen LogP contribution in [0.15, 0.2) is 60.8 Å². The van der Waals surface area contributed by atoms with Gasteiger partial charge in [-0.25, -0.2) is 0 Å². The molecule has 0 radical (unpaired) electrons. The number of nitrogens with zero attached hydrogens (tertiary/aromatic N) is 3. The molecule has 0 aliphatic carbocycles. The van der Waals surface area contributed by atoms with Crippen LogP contribution in [0.1, 0.15) is 21.5 Å². The van der Waals surface area contributed by atoms with Crippen LogP contribution in [0.5, 0.6) is 0 Å². The van der Waals surface area contributed by atoms with Crippen LogP contribution in [0.4, 0.5) is 0 Å². The number of carbonyl (C=O) groups excluding carboxylic acids is 2. The SMILES string of the molecule is C=C(CN1Cc2c(ccc3ccc(-c4ccc(C#N)cn4)cc23)C1=O)C(N)=O. The lowest BCUT2D eigenvalue weighted by molar-refractivity contribution is -0.114. The van der Waals surface area contributed by atoms with Crippen molar-refractivity contribution >= 4 is 22.6 Å². The van der Waals surface area contributed by atoms with Crippen LogP contribution in [0, 0.1) is 11.3 Å². The molecule has 0 atom stereocenters. The molecular formula is C22H16N4O2. The van der Waals surface area contributed by atoms with Crippen LogP contribution in [0.3, 0.4) is 0 Å². The van der Waals surface area contributed by atoms with Crippen LogP contribution in [0.25, 0.3) is 22.0 Å². The number of benzene rings is 2. The van der Waals surface area contributed by atoms with E-state index >= 15 is 0 Å². The maximum absolute atomic E-state index is 12.7. The Morgan fingerprint density at radius 3 is 2.71 bits per heavy atom. The van der Waals surface area contributed by atoms with Crippen molar-refractivity contribution in [2.24, 2.45) is 5.73 Å². The van der Waals surface area contributed by atoms with Gasteiger partial charge in [0.15, 0.2) is 0 Å². The molecule has 2 amide bonds. The van der Waals surface area contributed by atoms with Gasteiger partial charge in [-0.05, 0) is 40.6 Å². The van der Waals surface area contributed by atoms with E-state index in [1.54, 1.807) is 17.0 Å². The van der Waals surface area contributed by atoms with E-state index in [1.807, 2.05) is 30.3 Å². The first-order valence-corrected chi connectivity index (χ1v) is 8.67. The Morgan fingerprint density at radius 1 is 1.25 bits per heavy atom. The van der Waals surface area contributed by atoms with Gasteiger partial charge in [-0.2, -0.15) is 5.26 Å². The number of hydrogen-bond acceptors (Lipinski definition) is 4. The zero-order valence-corrected chi connectivity index (χ0v) is 15.0. The molecule has 6 nitrogen and oxygen atoms in total. The lowest BCUT2D eigenvalue weighted by Crippen LogP contribution is -2.30. The minimum absolute atomic E-state index is 0.112. The topological polar surface area (TPSA) is 100 Å². The molecule has 0 spiro atoms. The van der Waals surface area contributed by atoms with Crippen LogP contribution < -0.4 is 5.73 Å². The highest BCUT2D eigenvalue weighted by Crippen LogP contribution is 2.33. The second-order valence-electron chi connectivity index (χ2n) is 6.70. The molecule has 2 heterocycles. The first-order valence-electron chi connectivity index (χ1n) is 8.67. The van der Waals surface area contributed by atoms with Gasteiger partial charge in [0.05, 0.1) is 17.8 Å². The summed E-state index contributed by atoms with van der Waals surface area (Å²) in [5, 5.41) is 10.9. The van der Waals surface area contributed by atoms with E-state index in [2.05, 4.69) is 17.6 Å². The molecule has 0 bridgehead atoms. The number of primary amides is 1. The van der Waals surface area contributed by atoms with Crippen molar-refractivity contribution < 1.29 is 9.59 Å². The van der Waals surface area contributed by atoms with Gasteiger partial charge in [0.2, 0.25) is 5.91 Å². The molecule has 1 aliphatic heterocycles. The number of amides is 2. The Bertz CT molecular complexity index is 1190. The monoisotopic (exact) mass is 368 g/mol. The van der Waals surface area contributed by atoms with Crippen molar-refractivity contribution in [3.8, 4) is 17.3 Å². The minimum atomic E-state index is -0.609. The average molecular weight is 368 g/mol. The highest BCUT2D eigenvalue weighted by atomic mass is 16.2. The largest absolute Gasteiger partial charge is 0.366 e. The van der Waals surface area contributed by atoms with Gasteiger partial charge < -0.3 is 10.6 Å². The van der Waals surface area contributed by atoms with Crippen molar-refractivity contribution in [3.63, 3.8) is 0 Å². The fraction of sp³-hybridized carbons (Fsp3) is 0.0909. The third kappa shape index (κ3) is 2.89. The zero-order valence-electron chi connectivity index (χ0n) is 15.0. The predicted molar refractivity (Wildman–Crippen MR) is 105 cm³/mol. The van der Waals surface area contributed by atoms with Gasteiger partial charge in [-0.3, -0.25) is 14.6 Å². The van der Waals surface area contributed by atoms with Crippen LogP contribution in [-0.2, 0) is 11.3 Å². The van der Waals surface area contributed by atoms with E-state index in [-0.39, 0.29) is 18.0 Å². The van der Waals surface area contributed by atoms with E-state index < -0.39 is 5.91 Å². The number of fused-ring (bicyclic) bond motifs is 3. The third-order valence-electron chi connectivity index (χ3n) is 4.92. The lowest BCUT2D eigenvalue weighted by Gasteiger charge is -2.15. The summed E-state index contributed by atoms with van der Waals surface area (Å²) in [5.41, 5.74) is 9.14. The van der Waals surface area contributed by atoms with Crippen molar-refractivity contribution in [3.05, 3.63) is 77.5 Å². The van der Waals surface area contributed by atoms with Gasteiger partial charge in [0.1, 0.15) is 6.07 Å². The molecule has 0 unspecified atom stereocenters. The fourth-order valence-corrected chi connectivity index (χ4v) is 3.41. The third-order valence-corrected chi connectivity index (χ3v) is 4.92. The summed E-state index contributed by atoms with van der Waals surface area (Å²) in [5.74, 6) is -0.746. The number of nitriles is 1. The van der Waals surface area contributed by atoms with Gasteiger partial charge in [-0.1, -0.05) is 24.8 Å². The van der Waals surface area contributed by atoms with Crippen molar-refractivity contribution in [1.82, 2.24) is 9.88 Å². The molecule has 28 heavy (non-hydrogen) atoms. The van der Waals surface area contributed by atoms with Crippen LogP contribution >= 0.6 is 0 Å². The Morgan fingerprint density at radius 2 is 2.04 bits per heavy atom. The maximum Gasteiger partial charge on any atom is 0.254 e. The van der Waals surface area contributed by atoms with Gasteiger partial charge >= 0.3 is 0 Å². The number of carbonyl (C=O) groups is 2. The molecule has 1 aliphatic rings. The smallest absolute Gasteiger partial charge is 0.254 e. The molecule has 2 N–H and O–H groups in total. The minimum Gasteiger partial charge on any atom is -0.366 e. The second kappa shape index (κ2) is 6.63. The maximum atomic E-state index is 12.7. The lowest BCUT2D eigenvalue weighted by atomic mass is 9.97. The molecule has 6 heteroatoms. The first kappa shape index (κ1) is 17.4. The molecule has 4 rings (SSSR count). The van der Waals surface area contributed by atoms with Gasteiger partial charge in [-0.15, -0.1) is 0 Å². The van der Waals surface area contributed by atoms with Crippen LogP contribution in [-0.4, -0.2) is 28.2 Å². The second-order valence-corrected chi connectivity index (χ2v) is 6.70. The summed E-state index contributed by atoms with van der Waals surface area (Å²) in [6.45, 7) is 4.15. The summed E-state index contributed by atoms with van der Waals surface area (Å²) in [7, 11) is 0. The van der Waals surface area contributed by atoms with E-state index in [1.165, 1.54) is 6.20 Å². The molecule has 2 aromatic carbocycles. The Labute approximate surface area is 161 Å². The van der Waals surface area contributed by atoms with Crippen molar-refractivity contribution in [2.75, 3.05) is 6.54 Å². The highest BCUT2D eigenvalue weighted by Gasteiger charge is 2.29. The molecule has 0 saturated heterocycles. The van der Waals surface area contributed by atoms with Crippen molar-refractivity contribution in [1.29, 1.82) is 5.26 Å². The fourth-order valence-electron chi connectivity index (χ4n) is 3.41. The first-order chi connectivity index (χ1) is 13.5. The van der Waals surface area contributed by atoms with Crippen LogP contribution in [0.2, 0.25) is 0 Å². The number of aromatic nitrogens is 1. The normalized spacial score (nSPS) is 12.7. The molecule has 0 saturated carbocycles. The number of rotatable bonds is 4. The molecule has 136 valence electrons. The molecule has 1 aromatic heterocycles. The summed E-state index contributed by atoms with van der Waals surface area (Å²) in [6.07, 6.45) is 1.54. The van der Waals surface area contributed by atoms with E-state index in [0.29, 0.717) is 17.7 Å². The number of nitrogens with two attached hydrogens (primary N) is 1. The van der Waals surface area contributed by atoms with E-state index in [0.717, 1.165) is 27.6 Å². The van der Waals surface area contributed by atoms with E-state index in [4.69, 9.17) is 11.0 Å². The average Bonchev–Trinajstić information content (AvgIpc) is 3.03. The van der Waals surface area contributed by atoms with Gasteiger partial charge in [0, 0.05) is 29.4 Å². The Hall–Kier alpha value is -3.98. The highest BCUT2D eigenvalue weighted by molar-refractivity contribution is 6.05. The molecule has 0 fully saturated rings. The summed E-state index contributed by atoms with van der Waals surface area (Å²) < 4.78 is 0. The predicted octanol–water partition coefficient (Wildman–Crippen LogP) is 2.77. The molecular weight excluding hydrogens is 352 g/mol. The van der Waals surface area contributed by atoms with Gasteiger partial charge in [0.25, 0.3) is 5.91 Å². The number of hydrogen-bond donors (Lipinski definition) is 1. The standard InChI is InChI=1S/C22H16N4O2/c1-13(21(24)27)11-26-12-19-17(22(26)28)6-5-15-3-4-16(8-18(15)19)20-7-2-14(9-23)10-25-20/h2-8,10H,1,11-12H2,(H2,24,27). The molecule has 3 aromatic rings. The Kier molecular flexibility index (Phi) is 4.13. The summed E-state index contributed by atoms with van der Waals surface area (Å²) >= 11 is 0. The van der Waals surface area contributed by atoms with E-state index in [9.17, 15) is 9.59 Å². The summed E-state index contributed by atoms with van der Waals surface area (Å²) in [4.78, 5) is 29.9.